The van der Waals surface area contributed by atoms with Gasteiger partial charge in [0.2, 0.25) is 0 Å². The van der Waals surface area contributed by atoms with Crippen LogP contribution in [0.5, 0.6) is 0 Å². The Hall–Kier alpha value is -0.610. The fourth-order valence-electron chi connectivity index (χ4n) is 0.872. The van der Waals surface area contributed by atoms with Crippen molar-refractivity contribution in [2.45, 2.75) is 5.75 Å². The summed E-state index contributed by atoms with van der Waals surface area (Å²) in [7, 11) is -3.14. The van der Waals surface area contributed by atoms with Gasteiger partial charge in [-0.3, -0.25) is 0 Å². The Bertz CT molecular complexity index is 392. The smallest absolute Gasteiger partial charge is 0.175 e. The highest BCUT2D eigenvalue weighted by Gasteiger charge is 2.05. The van der Waals surface area contributed by atoms with E-state index in [0.717, 1.165) is 15.4 Å². The molecule has 1 aromatic rings. The minimum atomic E-state index is -3.14. The summed E-state index contributed by atoms with van der Waals surface area (Å²) in [6.45, 7) is 3.25. The molecular weight excluding hydrogens is 252 g/mol. The molecule has 0 aliphatic heterocycles. The maximum atomic E-state index is 11.1. The standard InChI is InChI=1S/C9H9BrO2S/c1-2-13(11,12)7-8-3-5-9(10)6-4-8/h2-6H,1,7H2. The van der Waals surface area contributed by atoms with Crippen molar-refractivity contribution in [3.05, 3.63) is 46.3 Å². The summed E-state index contributed by atoms with van der Waals surface area (Å²) in [5.74, 6) is 0.0176. The predicted octanol–water partition coefficient (Wildman–Crippen LogP) is 2.51. The Balaban J connectivity index is 2.88. The van der Waals surface area contributed by atoms with Crippen molar-refractivity contribution in [3.63, 3.8) is 0 Å². The average Bonchev–Trinajstić information content (AvgIpc) is 2.09. The predicted molar refractivity (Wildman–Crippen MR) is 57.0 cm³/mol. The Morgan fingerprint density at radius 2 is 1.85 bits per heavy atom. The van der Waals surface area contributed by atoms with Crippen LogP contribution in [0.15, 0.2) is 40.7 Å². The fraction of sp³-hybridized carbons (Fsp3) is 0.111. The molecule has 0 aliphatic carbocycles. The molecule has 0 radical (unpaired) electrons. The summed E-state index contributed by atoms with van der Waals surface area (Å²) in [5, 5.41) is 0.981. The lowest BCUT2D eigenvalue weighted by Gasteiger charge is -1.99. The lowest BCUT2D eigenvalue weighted by atomic mass is 10.2. The molecule has 0 aromatic heterocycles. The summed E-state index contributed by atoms with van der Waals surface area (Å²) in [6.07, 6.45) is 0. The van der Waals surface area contributed by atoms with E-state index in [-0.39, 0.29) is 5.75 Å². The Morgan fingerprint density at radius 3 is 2.31 bits per heavy atom. The Labute approximate surface area is 86.3 Å². The van der Waals surface area contributed by atoms with E-state index in [1.807, 2.05) is 12.1 Å². The van der Waals surface area contributed by atoms with E-state index in [1.54, 1.807) is 12.1 Å². The summed E-state index contributed by atoms with van der Waals surface area (Å²) in [6, 6.07) is 7.16. The highest BCUT2D eigenvalue weighted by atomic mass is 79.9. The molecule has 2 nitrogen and oxygen atoms in total. The molecule has 0 saturated heterocycles. The van der Waals surface area contributed by atoms with Crippen LogP contribution < -0.4 is 0 Å². The molecule has 0 N–H and O–H groups in total. The van der Waals surface area contributed by atoms with Gasteiger partial charge >= 0.3 is 0 Å². The largest absolute Gasteiger partial charge is 0.224 e. The Morgan fingerprint density at radius 1 is 1.31 bits per heavy atom. The first-order valence-corrected chi connectivity index (χ1v) is 6.14. The van der Waals surface area contributed by atoms with Gasteiger partial charge in [0.25, 0.3) is 0 Å². The highest BCUT2D eigenvalue weighted by molar-refractivity contribution is 9.10. The molecule has 1 rings (SSSR count). The van der Waals surface area contributed by atoms with Crippen molar-refractivity contribution in [2.75, 3.05) is 0 Å². The SMILES string of the molecule is C=CS(=O)(=O)Cc1ccc(Br)cc1. The quantitative estimate of drug-likeness (QED) is 0.837. The van der Waals surface area contributed by atoms with Gasteiger partial charge in [-0.25, -0.2) is 8.42 Å². The van der Waals surface area contributed by atoms with E-state index in [1.165, 1.54) is 0 Å². The zero-order chi connectivity index (χ0) is 9.90. The Kier molecular flexibility index (Phi) is 3.27. The van der Waals surface area contributed by atoms with Crippen molar-refractivity contribution in [1.82, 2.24) is 0 Å². The van der Waals surface area contributed by atoms with Crippen LogP contribution in [0, 0.1) is 0 Å². The summed E-state index contributed by atoms with van der Waals surface area (Å²) in [5.41, 5.74) is 0.767. The van der Waals surface area contributed by atoms with E-state index in [9.17, 15) is 8.42 Å². The van der Waals surface area contributed by atoms with Crippen LogP contribution in [0.3, 0.4) is 0 Å². The monoisotopic (exact) mass is 260 g/mol. The van der Waals surface area contributed by atoms with Crippen molar-refractivity contribution in [1.29, 1.82) is 0 Å². The highest BCUT2D eigenvalue weighted by Crippen LogP contribution is 2.13. The third-order valence-corrected chi connectivity index (χ3v) is 3.31. The van der Waals surface area contributed by atoms with Gasteiger partial charge in [-0.2, -0.15) is 0 Å². The van der Waals surface area contributed by atoms with Gasteiger partial charge < -0.3 is 0 Å². The molecule has 0 spiro atoms. The first-order valence-electron chi connectivity index (χ1n) is 3.63. The molecule has 0 saturated carbocycles. The zero-order valence-corrected chi connectivity index (χ0v) is 9.31. The van der Waals surface area contributed by atoms with Crippen LogP contribution in [0.4, 0.5) is 0 Å². The number of hydrogen-bond acceptors (Lipinski definition) is 2. The minimum absolute atomic E-state index is 0.0176. The van der Waals surface area contributed by atoms with E-state index >= 15 is 0 Å². The lowest BCUT2D eigenvalue weighted by molar-refractivity contribution is 0.604. The summed E-state index contributed by atoms with van der Waals surface area (Å²) < 4.78 is 23.2. The van der Waals surface area contributed by atoms with Crippen molar-refractivity contribution in [3.8, 4) is 0 Å². The van der Waals surface area contributed by atoms with Crippen molar-refractivity contribution in [2.24, 2.45) is 0 Å². The maximum absolute atomic E-state index is 11.1. The summed E-state index contributed by atoms with van der Waals surface area (Å²) in [4.78, 5) is 0. The van der Waals surface area contributed by atoms with Crippen LogP contribution in [-0.4, -0.2) is 8.42 Å². The maximum Gasteiger partial charge on any atom is 0.175 e. The molecule has 0 heterocycles. The second kappa shape index (κ2) is 4.07. The fourth-order valence-corrected chi connectivity index (χ4v) is 1.91. The molecule has 0 atom stereocenters. The van der Waals surface area contributed by atoms with Gasteiger partial charge in [0, 0.05) is 9.88 Å². The van der Waals surface area contributed by atoms with Crippen LogP contribution >= 0.6 is 15.9 Å². The molecule has 70 valence electrons. The van der Waals surface area contributed by atoms with Crippen LogP contribution in [0.1, 0.15) is 5.56 Å². The molecule has 0 bridgehead atoms. The van der Waals surface area contributed by atoms with Crippen LogP contribution in [0.25, 0.3) is 0 Å². The van der Waals surface area contributed by atoms with Gasteiger partial charge in [0.05, 0.1) is 5.75 Å². The number of benzene rings is 1. The van der Waals surface area contributed by atoms with Gasteiger partial charge in [-0.05, 0) is 17.7 Å². The topological polar surface area (TPSA) is 34.1 Å². The normalized spacial score (nSPS) is 11.2. The van der Waals surface area contributed by atoms with Crippen LogP contribution in [0.2, 0.25) is 0 Å². The molecule has 0 aliphatic rings. The summed E-state index contributed by atoms with van der Waals surface area (Å²) >= 11 is 3.27. The third-order valence-electron chi connectivity index (χ3n) is 1.54. The van der Waals surface area contributed by atoms with Crippen molar-refractivity contribution < 1.29 is 8.42 Å². The zero-order valence-electron chi connectivity index (χ0n) is 6.90. The molecule has 13 heavy (non-hydrogen) atoms. The van der Waals surface area contributed by atoms with E-state index in [0.29, 0.717) is 0 Å². The molecule has 0 fully saturated rings. The molecule has 1 aromatic carbocycles. The second-order valence-electron chi connectivity index (χ2n) is 2.60. The third kappa shape index (κ3) is 3.32. The first kappa shape index (κ1) is 10.5. The number of rotatable bonds is 3. The molecule has 4 heteroatoms. The van der Waals surface area contributed by atoms with E-state index < -0.39 is 9.84 Å². The van der Waals surface area contributed by atoms with Gasteiger partial charge in [0.1, 0.15) is 0 Å². The van der Waals surface area contributed by atoms with E-state index in [4.69, 9.17) is 0 Å². The lowest BCUT2D eigenvalue weighted by Crippen LogP contribution is -1.98. The minimum Gasteiger partial charge on any atom is -0.224 e. The van der Waals surface area contributed by atoms with E-state index in [2.05, 4.69) is 22.5 Å². The van der Waals surface area contributed by atoms with Crippen molar-refractivity contribution >= 4 is 25.8 Å². The molecule has 0 unspecified atom stereocenters. The number of sulfone groups is 1. The molecular formula is C9H9BrO2S. The van der Waals surface area contributed by atoms with Gasteiger partial charge in [-0.15, -0.1) is 0 Å². The van der Waals surface area contributed by atoms with Gasteiger partial charge in [0.15, 0.2) is 9.84 Å². The number of halogens is 1. The van der Waals surface area contributed by atoms with Gasteiger partial charge in [-0.1, -0.05) is 34.6 Å². The van der Waals surface area contributed by atoms with Crippen LogP contribution in [-0.2, 0) is 15.6 Å². The molecule has 0 amide bonds. The second-order valence-corrected chi connectivity index (χ2v) is 5.46. The first-order chi connectivity index (χ1) is 6.03. The average molecular weight is 261 g/mol. The number of hydrogen-bond donors (Lipinski definition) is 0.